The van der Waals surface area contributed by atoms with Crippen molar-refractivity contribution in [2.75, 3.05) is 39.5 Å². The van der Waals surface area contributed by atoms with Crippen LogP contribution in [0.2, 0.25) is 0 Å². The second-order valence-electron chi connectivity index (χ2n) is 7.03. The number of hydrogen-bond donors (Lipinski definition) is 0. The number of unbranched alkanes of at least 4 members (excludes halogenated alkanes) is 7. The highest BCUT2D eigenvalue weighted by molar-refractivity contribution is 14.1. The summed E-state index contributed by atoms with van der Waals surface area (Å²) in [7, 11) is 0. The normalized spacial score (nSPS) is 17.4. The number of quaternary nitrogens is 1. The first kappa shape index (κ1) is 22.7. The Morgan fingerprint density at radius 3 is 2.32 bits per heavy atom. The van der Waals surface area contributed by atoms with Crippen LogP contribution in [0.5, 0.6) is 0 Å². The maximum atomic E-state index is 12.5. The van der Waals surface area contributed by atoms with Gasteiger partial charge >= 0.3 is 5.97 Å². The summed E-state index contributed by atoms with van der Waals surface area (Å²) in [5.41, 5.74) is 0. The third kappa shape index (κ3) is 8.74. The fourth-order valence-electron chi connectivity index (χ4n) is 3.33. The molecule has 0 spiro atoms. The Morgan fingerprint density at radius 1 is 1.12 bits per heavy atom. The standard InChI is InChI=1S/C20H35INO3/c1-3-4-5-6-7-8-9-10-16-25-20(23)19(2)22(13-11-12-21)14-17-24-18-15-22/h19H,3-10,13-18H2,1-2H3/q+1. The van der Waals surface area contributed by atoms with E-state index in [4.69, 9.17) is 9.47 Å². The highest BCUT2D eigenvalue weighted by atomic mass is 127. The number of esters is 1. The summed E-state index contributed by atoms with van der Waals surface area (Å²) in [5, 5.41) is 0. The first-order valence-corrected chi connectivity index (χ1v) is 10.9. The lowest BCUT2D eigenvalue weighted by molar-refractivity contribution is -0.942. The van der Waals surface area contributed by atoms with Crippen LogP contribution in [0.15, 0.2) is 0 Å². The number of morpholine rings is 1. The Bertz CT molecular complexity index is 424. The quantitative estimate of drug-likeness (QED) is 0.142. The monoisotopic (exact) mass is 464 g/mol. The Kier molecular flexibility index (Phi) is 12.6. The summed E-state index contributed by atoms with van der Waals surface area (Å²) >= 11 is 2.06. The zero-order valence-electron chi connectivity index (χ0n) is 16.0. The second kappa shape index (κ2) is 13.8. The van der Waals surface area contributed by atoms with Crippen molar-refractivity contribution in [3.05, 3.63) is 0 Å². The Morgan fingerprint density at radius 2 is 1.72 bits per heavy atom. The van der Waals surface area contributed by atoms with E-state index >= 15 is 0 Å². The smallest absolute Gasteiger partial charge is 0.364 e. The summed E-state index contributed by atoms with van der Waals surface area (Å²) in [4.78, 5) is 12.5. The molecule has 0 aromatic rings. The SMILES string of the molecule is CCCCCCCCCCOC(=O)C(C)[N+]1(CC#CI)CCOCC1. The molecular weight excluding hydrogens is 429 g/mol. The van der Waals surface area contributed by atoms with Gasteiger partial charge in [0, 0.05) is 22.6 Å². The van der Waals surface area contributed by atoms with Crippen molar-refractivity contribution in [2.45, 2.75) is 71.3 Å². The highest BCUT2D eigenvalue weighted by Gasteiger charge is 2.40. The van der Waals surface area contributed by atoms with Gasteiger partial charge in [-0.2, -0.15) is 0 Å². The molecule has 1 heterocycles. The van der Waals surface area contributed by atoms with Crippen molar-refractivity contribution in [2.24, 2.45) is 0 Å². The number of halogens is 1. The first-order valence-electron chi connectivity index (χ1n) is 9.85. The molecule has 0 bridgehead atoms. The molecule has 0 radical (unpaired) electrons. The van der Waals surface area contributed by atoms with Crippen molar-refractivity contribution < 1.29 is 18.8 Å². The molecule has 1 unspecified atom stereocenters. The van der Waals surface area contributed by atoms with Gasteiger partial charge in [-0.15, -0.1) is 0 Å². The van der Waals surface area contributed by atoms with Crippen molar-refractivity contribution in [1.29, 1.82) is 0 Å². The van der Waals surface area contributed by atoms with E-state index < -0.39 is 0 Å². The van der Waals surface area contributed by atoms with Crippen LogP contribution in [0, 0.1) is 9.85 Å². The Hall–Kier alpha value is -0.320. The third-order valence-corrected chi connectivity index (χ3v) is 5.61. The minimum absolute atomic E-state index is 0.0832. The van der Waals surface area contributed by atoms with Gasteiger partial charge in [-0.1, -0.05) is 51.9 Å². The lowest BCUT2D eigenvalue weighted by Gasteiger charge is -2.43. The van der Waals surface area contributed by atoms with Crippen LogP contribution in [0.25, 0.3) is 0 Å². The number of carbonyl (C=O) groups is 1. The third-order valence-electron chi connectivity index (χ3n) is 5.23. The van der Waals surface area contributed by atoms with Crippen molar-refractivity contribution in [1.82, 2.24) is 0 Å². The molecule has 0 aliphatic carbocycles. The topological polar surface area (TPSA) is 35.5 Å². The van der Waals surface area contributed by atoms with Gasteiger partial charge in [0.25, 0.3) is 0 Å². The molecule has 0 amide bonds. The average molecular weight is 464 g/mol. The van der Waals surface area contributed by atoms with Crippen molar-refractivity contribution in [3.8, 4) is 9.85 Å². The van der Waals surface area contributed by atoms with Crippen LogP contribution in [0.4, 0.5) is 0 Å². The minimum atomic E-state index is -0.171. The van der Waals surface area contributed by atoms with Crippen LogP contribution in [0.1, 0.15) is 65.2 Å². The van der Waals surface area contributed by atoms with Gasteiger partial charge in [0.2, 0.25) is 0 Å². The fraction of sp³-hybridized carbons (Fsp3) is 0.850. The Balaban J connectivity index is 2.26. The summed E-state index contributed by atoms with van der Waals surface area (Å²) in [6.45, 7) is 8.52. The first-order chi connectivity index (χ1) is 12.2. The number of rotatable bonds is 12. The van der Waals surface area contributed by atoms with E-state index in [0.29, 0.717) is 30.8 Å². The van der Waals surface area contributed by atoms with Gasteiger partial charge < -0.3 is 9.47 Å². The number of ether oxygens (including phenoxy) is 2. The maximum absolute atomic E-state index is 12.5. The zero-order valence-corrected chi connectivity index (χ0v) is 18.2. The molecule has 1 rings (SSSR count). The molecule has 5 heteroatoms. The van der Waals surface area contributed by atoms with Gasteiger partial charge in [-0.25, -0.2) is 4.79 Å². The van der Waals surface area contributed by atoms with E-state index in [-0.39, 0.29) is 12.0 Å². The predicted octanol–water partition coefficient (Wildman–Crippen LogP) is 4.30. The number of nitrogens with zero attached hydrogens (tertiary/aromatic N) is 1. The van der Waals surface area contributed by atoms with E-state index in [9.17, 15) is 4.79 Å². The highest BCUT2D eigenvalue weighted by Crippen LogP contribution is 2.18. The van der Waals surface area contributed by atoms with Crippen LogP contribution in [0.3, 0.4) is 0 Å². The van der Waals surface area contributed by atoms with E-state index in [1.165, 1.54) is 38.5 Å². The van der Waals surface area contributed by atoms with Crippen molar-refractivity contribution in [3.63, 3.8) is 0 Å². The molecule has 1 saturated heterocycles. The number of carbonyl (C=O) groups excluding carboxylic acids is 1. The van der Waals surface area contributed by atoms with E-state index in [1.54, 1.807) is 0 Å². The van der Waals surface area contributed by atoms with Gasteiger partial charge in [0.1, 0.15) is 19.6 Å². The zero-order chi connectivity index (χ0) is 18.4. The summed E-state index contributed by atoms with van der Waals surface area (Å²) in [5.74, 6) is 3.06. The van der Waals surface area contributed by atoms with Gasteiger partial charge in [-0.3, -0.25) is 4.48 Å². The lowest BCUT2D eigenvalue weighted by atomic mass is 10.1. The molecule has 0 saturated carbocycles. The van der Waals surface area contributed by atoms with E-state index in [2.05, 4.69) is 39.4 Å². The largest absolute Gasteiger partial charge is 0.461 e. The van der Waals surface area contributed by atoms with E-state index in [1.807, 2.05) is 6.92 Å². The van der Waals surface area contributed by atoms with Crippen LogP contribution >= 0.6 is 22.6 Å². The molecule has 1 aliphatic heterocycles. The molecule has 1 aliphatic rings. The molecule has 0 aromatic carbocycles. The molecule has 0 N–H and O–H groups in total. The summed E-state index contributed by atoms with van der Waals surface area (Å²) < 4.78 is 14.6. The van der Waals surface area contributed by atoms with Gasteiger partial charge in [0.05, 0.1) is 19.8 Å². The molecule has 25 heavy (non-hydrogen) atoms. The molecule has 1 atom stereocenters. The summed E-state index contributed by atoms with van der Waals surface area (Å²) in [6.07, 6.45) is 10.0. The van der Waals surface area contributed by atoms with Gasteiger partial charge in [-0.05, 0) is 23.2 Å². The van der Waals surface area contributed by atoms with Crippen LogP contribution in [-0.2, 0) is 14.3 Å². The lowest BCUT2D eigenvalue weighted by Crippen LogP contribution is -2.62. The summed E-state index contributed by atoms with van der Waals surface area (Å²) in [6, 6.07) is -0.171. The second-order valence-corrected chi connectivity index (χ2v) is 7.57. The maximum Gasteiger partial charge on any atom is 0.364 e. The predicted molar refractivity (Wildman–Crippen MR) is 111 cm³/mol. The molecule has 0 aromatic heterocycles. The van der Waals surface area contributed by atoms with E-state index in [0.717, 1.165) is 25.9 Å². The molecule has 4 nitrogen and oxygen atoms in total. The Labute approximate surface area is 167 Å². The van der Waals surface area contributed by atoms with Gasteiger partial charge in [0.15, 0.2) is 6.04 Å². The molecule has 1 fully saturated rings. The average Bonchev–Trinajstić information content (AvgIpc) is 2.65. The van der Waals surface area contributed by atoms with Crippen LogP contribution < -0.4 is 0 Å². The molecule has 144 valence electrons. The molecular formula is C20H35INO3+. The van der Waals surface area contributed by atoms with Crippen LogP contribution in [-0.4, -0.2) is 55.9 Å². The van der Waals surface area contributed by atoms with Crippen molar-refractivity contribution >= 4 is 28.6 Å². The fourth-order valence-corrected chi connectivity index (χ4v) is 3.50. The number of hydrogen-bond acceptors (Lipinski definition) is 3. The minimum Gasteiger partial charge on any atom is -0.461 e.